The summed E-state index contributed by atoms with van der Waals surface area (Å²) in [5.41, 5.74) is 0.513. The van der Waals surface area contributed by atoms with E-state index in [1.54, 1.807) is 24.3 Å². The van der Waals surface area contributed by atoms with Crippen molar-refractivity contribution in [1.82, 2.24) is 0 Å². The summed E-state index contributed by atoms with van der Waals surface area (Å²) in [5.74, 6) is 0.341. The smallest absolute Gasteiger partial charge is 0.349 e. The predicted octanol–water partition coefficient (Wildman–Crippen LogP) is 2.90. The van der Waals surface area contributed by atoms with E-state index in [-0.39, 0.29) is 12.2 Å². The van der Waals surface area contributed by atoms with Crippen LogP contribution in [0.3, 0.4) is 0 Å². The lowest BCUT2D eigenvalue weighted by Gasteiger charge is -2.10. The minimum atomic E-state index is -0.701. The fourth-order valence-electron chi connectivity index (χ4n) is 1.56. The average Bonchev–Trinajstić information content (AvgIpc) is 2.55. The number of methoxy groups -OCH3 is 1. The Hall–Kier alpha value is -3.00. The third-order valence-corrected chi connectivity index (χ3v) is 2.53. The highest BCUT2D eigenvalue weighted by atomic mass is 16.5. The molecule has 5 heteroatoms. The van der Waals surface area contributed by atoms with Gasteiger partial charge >= 0.3 is 5.97 Å². The zero-order chi connectivity index (χ0) is 16.4. The first-order valence-corrected chi connectivity index (χ1v) is 6.47. The van der Waals surface area contributed by atoms with E-state index in [1.807, 2.05) is 6.07 Å². The summed E-state index contributed by atoms with van der Waals surface area (Å²) in [5, 5.41) is 9.04. The molecule has 0 amide bonds. The summed E-state index contributed by atoms with van der Waals surface area (Å²) in [4.78, 5) is 11.7. The molecule has 1 aromatic rings. The van der Waals surface area contributed by atoms with Gasteiger partial charge in [0.2, 0.25) is 0 Å². The van der Waals surface area contributed by atoms with Crippen molar-refractivity contribution in [3.8, 4) is 17.6 Å². The highest BCUT2D eigenvalue weighted by Gasteiger charge is 2.11. The molecular weight excluding hydrogens is 282 g/mol. The minimum absolute atomic E-state index is 0.0511. The number of nitriles is 1. The first-order chi connectivity index (χ1) is 10.7. The van der Waals surface area contributed by atoms with Crippen molar-refractivity contribution >= 4 is 12.0 Å². The second-order valence-electron chi connectivity index (χ2n) is 4.07. The summed E-state index contributed by atoms with van der Waals surface area (Å²) in [6.45, 7) is 7.42. The second-order valence-corrected chi connectivity index (χ2v) is 4.07. The van der Waals surface area contributed by atoms with Crippen molar-refractivity contribution in [2.24, 2.45) is 0 Å². The number of ether oxygens (including phenoxy) is 3. The van der Waals surface area contributed by atoms with Gasteiger partial charge in [-0.25, -0.2) is 4.79 Å². The standard InChI is InChI=1S/C17H17NO4/c1-4-8-21-15-7-6-13(11-16(15)20-3)10-14(12-18)17(19)22-9-5-2/h4-7,10-11H,1-2,8-9H2,3H3/b14-10-. The molecule has 0 aliphatic carbocycles. The molecule has 0 unspecified atom stereocenters. The monoisotopic (exact) mass is 299 g/mol. The van der Waals surface area contributed by atoms with Crippen molar-refractivity contribution in [1.29, 1.82) is 5.26 Å². The molecule has 1 aromatic carbocycles. The zero-order valence-corrected chi connectivity index (χ0v) is 12.4. The summed E-state index contributed by atoms with van der Waals surface area (Å²) in [7, 11) is 1.51. The number of carbonyl (C=O) groups is 1. The lowest BCUT2D eigenvalue weighted by atomic mass is 10.1. The molecule has 1 rings (SSSR count). The fraction of sp³-hybridized carbons (Fsp3) is 0.176. The number of esters is 1. The summed E-state index contributed by atoms with van der Waals surface area (Å²) in [6, 6.07) is 6.88. The highest BCUT2D eigenvalue weighted by molar-refractivity contribution is 5.98. The van der Waals surface area contributed by atoms with E-state index >= 15 is 0 Å². The van der Waals surface area contributed by atoms with Gasteiger partial charge in [0.15, 0.2) is 11.5 Å². The van der Waals surface area contributed by atoms with E-state index in [9.17, 15) is 4.79 Å². The molecule has 0 atom stereocenters. The Bertz CT molecular complexity index is 626. The van der Waals surface area contributed by atoms with Gasteiger partial charge in [0.1, 0.15) is 24.9 Å². The van der Waals surface area contributed by atoms with E-state index in [0.717, 1.165) is 0 Å². The third-order valence-electron chi connectivity index (χ3n) is 2.53. The maximum absolute atomic E-state index is 11.7. The van der Waals surface area contributed by atoms with Crippen molar-refractivity contribution in [3.63, 3.8) is 0 Å². The normalized spacial score (nSPS) is 10.3. The Morgan fingerprint density at radius 3 is 2.59 bits per heavy atom. The maximum atomic E-state index is 11.7. The van der Waals surface area contributed by atoms with E-state index < -0.39 is 5.97 Å². The molecule has 114 valence electrons. The summed E-state index contributed by atoms with van der Waals surface area (Å²) in [6.07, 6.45) is 4.48. The number of rotatable bonds is 8. The second kappa shape index (κ2) is 9.03. The Kier molecular flexibility index (Phi) is 7.00. The van der Waals surface area contributed by atoms with Crippen LogP contribution in [0.25, 0.3) is 6.08 Å². The van der Waals surface area contributed by atoms with Crippen LogP contribution in [0, 0.1) is 11.3 Å². The van der Waals surface area contributed by atoms with Crippen LogP contribution in [-0.2, 0) is 9.53 Å². The number of hydrogen-bond donors (Lipinski definition) is 0. The maximum Gasteiger partial charge on any atom is 0.349 e. The van der Waals surface area contributed by atoms with Gasteiger partial charge in [-0.05, 0) is 23.8 Å². The van der Waals surface area contributed by atoms with Crippen LogP contribution in [-0.4, -0.2) is 26.3 Å². The van der Waals surface area contributed by atoms with Crippen molar-refractivity contribution in [2.45, 2.75) is 0 Å². The largest absolute Gasteiger partial charge is 0.493 e. The van der Waals surface area contributed by atoms with Crippen LogP contribution in [0.1, 0.15) is 5.56 Å². The average molecular weight is 299 g/mol. The SMILES string of the molecule is C=CCOC(=O)/C(C#N)=C\c1ccc(OCC=C)c(OC)c1. The third kappa shape index (κ3) is 4.84. The number of nitrogens with zero attached hydrogens (tertiary/aromatic N) is 1. The molecule has 0 spiro atoms. The molecule has 5 nitrogen and oxygen atoms in total. The van der Waals surface area contributed by atoms with E-state index in [2.05, 4.69) is 13.2 Å². The fourth-order valence-corrected chi connectivity index (χ4v) is 1.56. The molecule has 0 aliphatic rings. The predicted molar refractivity (Wildman–Crippen MR) is 83.4 cm³/mol. The van der Waals surface area contributed by atoms with E-state index in [1.165, 1.54) is 19.3 Å². The molecule has 22 heavy (non-hydrogen) atoms. The Balaban J connectivity index is 3.02. The van der Waals surface area contributed by atoms with Crippen LogP contribution in [0.4, 0.5) is 0 Å². The van der Waals surface area contributed by atoms with Gasteiger partial charge in [-0.2, -0.15) is 5.26 Å². The number of benzene rings is 1. The number of carbonyl (C=O) groups excluding carboxylic acids is 1. The van der Waals surface area contributed by atoms with Gasteiger partial charge in [0, 0.05) is 0 Å². The quantitative estimate of drug-likeness (QED) is 0.319. The molecule has 0 heterocycles. The van der Waals surface area contributed by atoms with Gasteiger partial charge in [0.05, 0.1) is 7.11 Å². The molecular formula is C17H17NO4. The molecule has 0 radical (unpaired) electrons. The van der Waals surface area contributed by atoms with Crippen LogP contribution in [0.15, 0.2) is 49.1 Å². The van der Waals surface area contributed by atoms with Crippen LogP contribution in [0.2, 0.25) is 0 Å². The molecule has 0 saturated heterocycles. The van der Waals surface area contributed by atoms with Crippen LogP contribution >= 0.6 is 0 Å². The van der Waals surface area contributed by atoms with Crippen LogP contribution < -0.4 is 9.47 Å². The van der Waals surface area contributed by atoms with Crippen molar-refractivity contribution in [2.75, 3.05) is 20.3 Å². The van der Waals surface area contributed by atoms with E-state index in [4.69, 9.17) is 19.5 Å². The lowest BCUT2D eigenvalue weighted by Crippen LogP contribution is -2.06. The zero-order valence-electron chi connectivity index (χ0n) is 12.4. The van der Waals surface area contributed by atoms with E-state index in [0.29, 0.717) is 23.7 Å². The van der Waals surface area contributed by atoms with Gasteiger partial charge in [-0.15, -0.1) is 0 Å². The van der Waals surface area contributed by atoms with Gasteiger partial charge in [-0.1, -0.05) is 31.4 Å². The Labute approximate surface area is 129 Å². The summed E-state index contributed by atoms with van der Waals surface area (Å²) < 4.78 is 15.5. The number of hydrogen-bond acceptors (Lipinski definition) is 5. The van der Waals surface area contributed by atoms with Gasteiger partial charge in [0.25, 0.3) is 0 Å². The molecule has 0 saturated carbocycles. The van der Waals surface area contributed by atoms with Gasteiger partial charge < -0.3 is 14.2 Å². The topological polar surface area (TPSA) is 68.6 Å². The Morgan fingerprint density at radius 2 is 2.00 bits per heavy atom. The lowest BCUT2D eigenvalue weighted by molar-refractivity contribution is -0.137. The van der Waals surface area contributed by atoms with Crippen molar-refractivity contribution < 1.29 is 19.0 Å². The molecule has 0 aliphatic heterocycles. The molecule has 0 aromatic heterocycles. The van der Waals surface area contributed by atoms with Crippen molar-refractivity contribution in [3.05, 3.63) is 54.6 Å². The molecule has 0 N–H and O–H groups in total. The molecule has 0 fully saturated rings. The minimum Gasteiger partial charge on any atom is -0.493 e. The Morgan fingerprint density at radius 1 is 1.27 bits per heavy atom. The molecule has 0 bridgehead atoms. The first kappa shape index (κ1) is 17.1. The van der Waals surface area contributed by atoms with Gasteiger partial charge in [-0.3, -0.25) is 0 Å². The summed E-state index contributed by atoms with van der Waals surface area (Å²) >= 11 is 0. The van der Waals surface area contributed by atoms with Crippen LogP contribution in [0.5, 0.6) is 11.5 Å². The first-order valence-electron chi connectivity index (χ1n) is 6.47. The highest BCUT2D eigenvalue weighted by Crippen LogP contribution is 2.29.